The third-order valence-corrected chi connectivity index (χ3v) is 5.74. The summed E-state index contributed by atoms with van der Waals surface area (Å²) in [5.41, 5.74) is 5.62. The predicted octanol–water partition coefficient (Wildman–Crippen LogP) is 2.75. The maximum absolute atomic E-state index is 12.5. The van der Waals surface area contributed by atoms with Crippen molar-refractivity contribution in [1.29, 1.82) is 5.41 Å². The highest BCUT2D eigenvalue weighted by Crippen LogP contribution is 2.31. The molecule has 0 saturated heterocycles. The lowest BCUT2D eigenvalue weighted by Gasteiger charge is -2.32. The molecule has 25 heavy (non-hydrogen) atoms. The van der Waals surface area contributed by atoms with Gasteiger partial charge in [0.1, 0.15) is 0 Å². The Balaban J connectivity index is 1.68. The molecule has 0 spiro atoms. The van der Waals surface area contributed by atoms with Crippen LogP contribution in [0.4, 0.5) is 0 Å². The van der Waals surface area contributed by atoms with Gasteiger partial charge in [-0.1, -0.05) is 6.42 Å². The summed E-state index contributed by atoms with van der Waals surface area (Å²) in [4.78, 5) is 24.0. The second-order valence-electron chi connectivity index (χ2n) is 7.59. The van der Waals surface area contributed by atoms with E-state index in [1.165, 1.54) is 0 Å². The first kappa shape index (κ1) is 19.7. The standard InChI is InChI=1S/C19H33N3O3/c1-2-25-17(23)11-8-13-6-9-16(10-7-13)22-19(24)15-5-3-4-14(12-15)18(20)21/h13-16H,2-12H2,1H3,(H3,20,21)(H,22,24). The van der Waals surface area contributed by atoms with Crippen LogP contribution in [0.5, 0.6) is 0 Å². The Kier molecular flexibility index (Phi) is 7.72. The van der Waals surface area contributed by atoms with Crippen molar-refractivity contribution in [2.75, 3.05) is 6.61 Å². The van der Waals surface area contributed by atoms with E-state index in [1.807, 2.05) is 6.92 Å². The van der Waals surface area contributed by atoms with Gasteiger partial charge in [-0.15, -0.1) is 0 Å². The van der Waals surface area contributed by atoms with Gasteiger partial charge in [-0.3, -0.25) is 15.0 Å². The van der Waals surface area contributed by atoms with E-state index in [9.17, 15) is 9.59 Å². The number of nitrogens with two attached hydrogens (primary N) is 1. The smallest absolute Gasteiger partial charge is 0.305 e. The summed E-state index contributed by atoms with van der Waals surface area (Å²) in [7, 11) is 0. The van der Waals surface area contributed by atoms with Crippen LogP contribution in [0.1, 0.15) is 71.1 Å². The minimum Gasteiger partial charge on any atom is -0.466 e. The molecule has 0 aromatic carbocycles. The number of nitrogens with one attached hydrogen (secondary N) is 2. The van der Waals surface area contributed by atoms with Crippen LogP contribution in [-0.2, 0) is 14.3 Å². The van der Waals surface area contributed by atoms with Crippen molar-refractivity contribution >= 4 is 17.7 Å². The molecular weight excluding hydrogens is 318 g/mol. The van der Waals surface area contributed by atoms with Crippen LogP contribution in [0.25, 0.3) is 0 Å². The van der Waals surface area contributed by atoms with E-state index >= 15 is 0 Å². The molecule has 0 aromatic heterocycles. The van der Waals surface area contributed by atoms with E-state index in [1.54, 1.807) is 0 Å². The number of hydrogen-bond acceptors (Lipinski definition) is 4. The molecule has 2 aliphatic carbocycles. The van der Waals surface area contributed by atoms with E-state index in [0.717, 1.165) is 57.8 Å². The van der Waals surface area contributed by atoms with E-state index in [2.05, 4.69) is 5.32 Å². The highest BCUT2D eigenvalue weighted by molar-refractivity contribution is 5.83. The van der Waals surface area contributed by atoms with Crippen LogP contribution in [0.2, 0.25) is 0 Å². The Morgan fingerprint density at radius 2 is 1.80 bits per heavy atom. The van der Waals surface area contributed by atoms with Gasteiger partial charge in [0.05, 0.1) is 12.4 Å². The minimum atomic E-state index is -0.102. The fourth-order valence-electron chi connectivity index (χ4n) is 4.18. The highest BCUT2D eigenvalue weighted by atomic mass is 16.5. The van der Waals surface area contributed by atoms with E-state index < -0.39 is 0 Å². The first-order chi connectivity index (χ1) is 12.0. The van der Waals surface area contributed by atoms with Crippen LogP contribution < -0.4 is 11.1 Å². The molecule has 2 unspecified atom stereocenters. The van der Waals surface area contributed by atoms with Gasteiger partial charge in [-0.25, -0.2) is 0 Å². The zero-order valence-corrected chi connectivity index (χ0v) is 15.4. The maximum Gasteiger partial charge on any atom is 0.305 e. The lowest BCUT2D eigenvalue weighted by molar-refractivity contribution is -0.143. The molecule has 1 amide bonds. The molecule has 142 valence electrons. The van der Waals surface area contributed by atoms with E-state index in [4.69, 9.17) is 15.9 Å². The predicted molar refractivity (Wildman–Crippen MR) is 97.1 cm³/mol. The van der Waals surface area contributed by atoms with Crippen molar-refractivity contribution in [2.24, 2.45) is 23.5 Å². The van der Waals surface area contributed by atoms with Gasteiger partial charge in [0.15, 0.2) is 0 Å². The Labute approximate surface area is 150 Å². The average Bonchev–Trinajstić information content (AvgIpc) is 2.61. The van der Waals surface area contributed by atoms with Crippen LogP contribution in [0.3, 0.4) is 0 Å². The normalized spacial score (nSPS) is 29.6. The molecule has 2 rings (SSSR count). The van der Waals surface area contributed by atoms with Crippen molar-refractivity contribution < 1.29 is 14.3 Å². The van der Waals surface area contributed by atoms with Crippen LogP contribution in [-0.4, -0.2) is 30.4 Å². The van der Waals surface area contributed by atoms with Crippen LogP contribution >= 0.6 is 0 Å². The number of rotatable bonds is 7. The number of carbonyl (C=O) groups excluding carboxylic acids is 2. The lowest BCUT2D eigenvalue weighted by Crippen LogP contribution is -2.43. The van der Waals surface area contributed by atoms with Gasteiger partial charge in [-0.2, -0.15) is 0 Å². The fraction of sp³-hybridized carbons (Fsp3) is 0.842. The number of hydrogen-bond donors (Lipinski definition) is 3. The zero-order valence-electron chi connectivity index (χ0n) is 15.4. The first-order valence-corrected chi connectivity index (χ1v) is 9.79. The van der Waals surface area contributed by atoms with Gasteiger partial charge in [0.25, 0.3) is 0 Å². The number of amides is 1. The molecule has 2 atom stereocenters. The molecule has 2 aliphatic rings. The summed E-state index contributed by atoms with van der Waals surface area (Å²) in [5.74, 6) is 0.900. The fourth-order valence-corrected chi connectivity index (χ4v) is 4.18. The number of esters is 1. The average molecular weight is 351 g/mol. The zero-order chi connectivity index (χ0) is 18.2. The summed E-state index contributed by atoms with van der Waals surface area (Å²) >= 11 is 0. The van der Waals surface area contributed by atoms with Crippen molar-refractivity contribution in [3.05, 3.63) is 0 Å². The number of amidine groups is 1. The second-order valence-corrected chi connectivity index (χ2v) is 7.59. The molecule has 0 bridgehead atoms. The summed E-state index contributed by atoms with van der Waals surface area (Å²) < 4.78 is 4.98. The van der Waals surface area contributed by atoms with Crippen LogP contribution in [0, 0.1) is 23.2 Å². The van der Waals surface area contributed by atoms with E-state index in [-0.39, 0.29) is 35.6 Å². The molecule has 0 heterocycles. The molecule has 2 saturated carbocycles. The number of ether oxygens (including phenoxy) is 1. The van der Waals surface area contributed by atoms with Gasteiger partial charge >= 0.3 is 5.97 Å². The van der Waals surface area contributed by atoms with Crippen molar-refractivity contribution in [3.8, 4) is 0 Å². The van der Waals surface area contributed by atoms with Gasteiger partial charge in [0.2, 0.25) is 5.91 Å². The molecule has 0 aromatic rings. The Morgan fingerprint density at radius 3 is 2.44 bits per heavy atom. The van der Waals surface area contributed by atoms with Crippen molar-refractivity contribution in [2.45, 2.75) is 77.2 Å². The van der Waals surface area contributed by atoms with Crippen molar-refractivity contribution in [3.63, 3.8) is 0 Å². The van der Waals surface area contributed by atoms with Crippen molar-refractivity contribution in [1.82, 2.24) is 5.32 Å². The molecule has 6 heteroatoms. The van der Waals surface area contributed by atoms with Crippen LogP contribution in [0.15, 0.2) is 0 Å². The largest absolute Gasteiger partial charge is 0.466 e. The monoisotopic (exact) mass is 351 g/mol. The van der Waals surface area contributed by atoms with Gasteiger partial charge < -0.3 is 15.8 Å². The SMILES string of the molecule is CCOC(=O)CCC1CCC(NC(=O)C2CCCC(C(=N)N)C2)CC1. The molecule has 4 N–H and O–H groups in total. The minimum absolute atomic E-state index is 0.00388. The van der Waals surface area contributed by atoms with E-state index in [0.29, 0.717) is 18.9 Å². The molecule has 6 nitrogen and oxygen atoms in total. The summed E-state index contributed by atoms with van der Waals surface area (Å²) in [6.07, 6.45) is 9.03. The quantitative estimate of drug-likeness (QED) is 0.372. The number of carbonyl (C=O) groups is 2. The van der Waals surface area contributed by atoms with Gasteiger partial charge in [-0.05, 0) is 64.2 Å². The Hall–Kier alpha value is -1.59. The third kappa shape index (κ3) is 6.33. The Morgan fingerprint density at radius 1 is 1.12 bits per heavy atom. The molecular formula is C19H33N3O3. The third-order valence-electron chi connectivity index (χ3n) is 5.74. The highest BCUT2D eigenvalue weighted by Gasteiger charge is 2.30. The summed E-state index contributed by atoms with van der Waals surface area (Å²) in [5, 5.41) is 10.8. The lowest BCUT2D eigenvalue weighted by atomic mass is 9.79. The Bertz CT molecular complexity index is 473. The second kappa shape index (κ2) is 9.78. The summed E-state index contributed by atoms with van der Waals surface area (Å²) in [6.45, 7) is 2.28. The summed E-state index contributed by atoms with van der Waals surface area (Å²) in [6, 6.07) is 0.254. The molecule has 0 aliphatic heterocycles. The molecule has 0 radical (unpaired) electrons. The maximum atomic E-state index is 12.5. The molecule has 2 fully saturated rings. The first-order valence-electron chi connectivity index (χ1n) is 9.79. The van der Waals surface area contributed by atoms with Gasteiger partial charge in [0, 0.05) is 24.3 Å². The topological polar surface area (TPSA) is 105 Å².